The van der Waals surface area contributed by atoms with Gasteiger partial charge in [0.1, 0.15) is 17.9 Å². The molecule has 4 N–H and O–H groups in total. The van der Waals surface area contributed by atoms with Crippen molar-refractivity contribution in [3.8, 4) is 0 Å². The average Bonchev–Trinajstić information content (AvgIpc) is 2.72. The molecule has 122 valence electrons. The summed E-state index contributed by atoms with van der Waals surface area (Å²) in [7, 11) is 0. The highest BCUT2D eigenvalue weighted by atomic mass is 19.1. The second-order valence-electron chi connectivity index (χ2n) is 5.00. The Kier molecular flexibility index (Phi) is 4.30. The van der Waals surface area contributed by atoms with Crippen molar-refractivity contribution in [3.63, 3.8) is 0 Å². The molecule has 8 nitrogen and oxygen atoms in total. The van der Waals surface area contributed by atoms with E-state index in [0.717, 1.165) is 0 Å². The minimum Gasteiger partial charge on any atom is -0.351 e. The Morgan fingerprint density at radius 1 is 1.30 bits per heavy atom. The van der Waals surface area contributed by atoms with Crippen LogP contribution in [-0.2, 0) is 15.1 Å². The van der Waals surface area contributed by atoms with Gasteiger partial charge in [-0.15, -0.1) is 0 Å². The molecule has 1 saturated heterocycles. The lowest BCUT2D eigenvalue weighted by atomic mass is 9.87. The topological polar surface area (TPSA) is 122 Å². The molecule has 6 amide bonds. The Hall–Kier alpha value is -2.97. The van der Waals surface area contributed by atoms with Crippen LogP contribution in [0.4, 0.5) is 14.0 Å². The third kappa shape index (κ3) is 2.98. The molecule has 9 heteroatoms. The number of nitrogens with one attached hydrogen (secondary N) is 2. The molecule has 0 saturated carbocycles. The summed E-state index contributed by atoms with van der Waals surface area (Å²) in [6.07, 6.45) is 0.206. The number of hydrogen-bond donors (Lipinski definition) is 3. The second-order valence-corrected chi connectivity index (χ2v) is 5.00. The number of carbonyl (C=O) groups excluding carboxylic acids is 4. The van der Waals surface area contributed by atoms with E-state index in [1.165, 1.54) is 24.3 Å². The van der Waals surface area contributed by atoms with E-state index in [9.17, 15) is 23.6 Å². The molecule has 1 aliphatic heterocycles. The van der Waals surface area contributed by atoms with Crippen LogP contribution >= 0.6 is 0 Å². The van der Waals surface area contributed by atoms with E-state index in [2.05, 4.69) is 5.32 Å². The zero-order valence-electron chi connectivity index (χ0n) is 12.3. The number of nitrogens with zero attached hydrogens (tertiary/aromatic N) is 1. The summed E-state index contributed by atoms with van der Waals surface area (Å²) < 4.78 is 13.1. The van der Waals surface area contributed by atoms with Crippen LogP contribution in [0.25, 0.3) is 0 Å². The molecular formula is C14H15FN4O4. The Bertz CT molecular complexity index is 676. The third-order valence-corrected chi connectivity index (χ3v) is 3.61. The van der Waals surface area contributed by atoms with Crippen molar-refractivity contribution < 1.29 is 23.6 Å². The minimum atomic E-state index is -1.38. The highest BCUT2D eigenvalue weighted by Crippen LogP contribution is 2.32. The number of imide groups is 2. The summed E-state index contributed by atoms with van der Waals surface area (Å²) in [4.78, 5) is 47.5. The summed E-state index contributed by atoms with van der Waals surface area (Å²) in [5.74, 6) is -2.02. The monoisotopic (exact) mass is 322 g/mol. The van der Waals surface area contributed by atoms with Gasteiger partial charge in [0.15, 0.2) is 0 Å². The van der Waals surface area contributed by atoms with Crippen molar-refractivity contribution in [2.45, 2.75) is 18.9 Å². The minimum absolute atomic E-state index is 0.206. The maximum absolute atomic E-state index is 13.1. The molecule has 23 heavy (non-hydrogen) atoms. The van der Waals surface area contributed by atoms with Crippen molar-refractivity contribution in [2.75, 3.05) is 6.54 Å². The molecule has 0 aliphatic carbocycles. The van der Waals surface area contributed by atoms with Gasteiger partial charge in [-0.1, -0.05) is 19.1 Å². The molecule has 1 heterocycles. The largest absolute Gasteiger partial charge is 0.351 e. The number of primary amides is 1. The standard InChI is InChI=1S/C14H15FN4O4/c1-2-14(8-3-5-9(15)6-4-8)11(21)19(13(23)18-14)7-10(20)17-12(16)22/h3-6H,2,7H2,1H3,(H,18,23)(H3,16,17,20,22)/t14-/m1/s1. The predicted molar refractivity (Wildman–Crippen MR) is 76.3 cm³/mol. The number of urea groups is 2. The van der Waals surface area contributed by atoms with E-state index in [-0.39, 0.29) is 6.42 Å². The van der Waals surface area contributed by atoms with Crippen LogP contribution in [0, 0.1) is 5.82 Å². The number of halogens is 1. The maximum Gasteiger partial charge on any atom is 0.325 e. The van der Waals surface area contributed by atoms with Gasteiger partial charge in [-0.25, -0.2) is 14.0 Å². The van der Waals surface area contributed by atoms with Crippen LogP contribution in [0.5, 0.6) is 0 Å². The van der Waals surface area contributed by atoms with Gasteiger partial charge >= 0.3 is 12.1 Å². The van der Waals surface area contributed by atoms with Crippen LogP contribution in [0.1, 0.15) is 18.9 Å². The van der Waals surface area contributed by atoms with Gasteiger partial charge in [-0.3, -0.25) is 19.8 Å². The fourth-order valence-electron chi connectivity index (χ4n) is 2.46. The summed E-state index contributed by atoms with van der Waals surface area (Å²) >= 11 is 0. The Labute approximate surface area is 130 Å². The molecular weight excluding hydrogens is 307 g/mol. The maximum atomic E-state index is 13.1. The van der Waals surface area contributed by atoms with E-state index in [1.54, 1.807) is 12.2 Å². The fourth-order valence-corrected chi connectivity index (χ4v) is 2.46. The van der Waals surface area contributed by atoms with Crippen molar-refractivity contribution in [1.82, 2.24) is 15.5 Å². The molecule has 1 aromatic rings. The van der Waals surface area contributed by atoms with Crippen LogP contribution in [-0.4, -0.2) is 35.3 Å². The first-order valence-electron chi connectivity index (χ1n) is 6.79. The molecule has 1 atom stereocenters. The molecule has 1 fully saturated rings. The van der Waals surface area contributed by atoms with Gasteiger partial charge in [-0.05, 0) is 24.1 Å². The molecule has 1 aliphatic rings. The van der Waals surface area contributed by atoms with Gasteiger partial charge < -0.3 is 11.1 Å². The molecule has 0 unspecified atom stereocenters. The van der Waals surface area contributed by atoms with E-state index < -0.39 is 41.8 Å². The Balaban J connectivity index is 2.29. The highest BCUT2D eigenvalue weighted by Gasteiger charge is 2.51. The molecule has 0 spiro atoms. The number of rotatable bonds is 4. The quantitative estimate of drug-likeness (QED) is 0.684. The third-order valence-electron chi connectivity index (χ3n) is 3.61. The number of nitrogens with two attached hydrogens (primary N) is 1. The summed E-state index contributed by atoms with van der Waals surface area (Å²) in [5, 5.41) is 4.31. The molecule has 1 aromatic carbocycles. The van der Waals surface area contributed by atoms with Gasteiger partial charge in [-0.2, -0.15) is 0 Å². The van der Waals surface area contributed by atoms with Gasteiger partial charge in [0.05, 0.1) is 0 Å². The van der Waals surface area contributed by atoms with Crippen LogP contribution in [0.15, 0.2) is 24.3 Å². The van der Waals surface area contributed by atoms with Crippen LogP contribution < -0.4 is 16.4 Å². The molecule has 0 radical (unpaired) electrons. The van der Waals surface area contributed by atoms with Crippen LogP contribution in [0.3, 0.4) is 0 Å². The molecule has 0 aromatic heterocycles. The smallest absolute Gasteiger partial charge is 0.325 e. The Morgan fingerprint density at radius 3 is 2.43 bits per heavy atom. The SMILES string of the molecule is CC[C@]1(c2ccc(F)cc2)NC(=O)N(CC(=O)NC(N)=O)C1=O. The summed E-state index contributed by atoms with van der Waals surface area (Å²) in [5.41, 5.74) is 3.83. The second kappa shape index (κ2) is 6.03. The molecule has 0 bridgehead atoms. The lowest BCUT2D eigenvalue weighted by Crippen LogP contribution is -2.46. The number of hydrogen-bond acceptors (Lipinski definition) is 4. The lowest BCUT2D eigenvalue weighted by molar-refractivity contribution is -0.135. The number of amides is 6. The fraction of sp³-hybridized carbons (Fsp3) is 0.286. The van der Waals surface area contributed by atoms with E-state index >= 15 is 0 Å². The lowest BCUT2D eigenvalue weighted by Gasteiger charge is -2.25. The van der Waals surface area contributed by atoms with Crippen molar-refractivity contribution >= 4 is 23.9 Å². The summed E-state index contributed by atoms with van der Waals surface area (Å²) in [6, 6.07) is 3.28. The number of benzene rings is 1. The van der Waals surface area contributed by atoms with Crippen molar-refractivity contribution in [1.29, 1.82) is 0 Å². The number of carbonyl (C=O) groups is 4. The summed E-state index contributed by atoms with van der Waals surface area (Å²) in [6.45, 7) is 1.03. The van der Waals surface area contributed by atoms with Gasteiger partial charge in [0.2, 0.25) is 5.91 Å². The zero-order chi connectivity index (χ0) is 17.2. The Morgan fingerprint density at radius 2 is 1.91 bits per heavy atom. The highest BCUT2D eigenvalue weighted by molar-refractivity contribution is 6.10. The average molecular weight is 322 g/mol. The first-order valence-corrected chi connectivity index (χ1v) is 6.79. The van der Waals surface area contributed by atoms with Crippen LogP contribution in [0.2, 0.25) is 0 Å². The van der Waals surface area contributed by atoms with Crippen molar-refractivity contribution in [3.05, 3.63) is 35.6 Å². The normalized spacial score (nSPS) is 20.3. The van der Waals surface area contributed by atoms with Gasteiger partial charge in [0, 0.05) is 0 Å². The first-order chi connectivity index (χ1) is 10.8. The first kappa shape index (κ1) is 16.4. The van der Waals surface area contributed by atoms with Gasteiger partial charge in [0.25, 0.3) is 5.91 Å². The van der Waals surface area contributed by atoms with E-state index in [0.29, 0.717) is 10.5 Å². The molecule has 2 rings (SSSR count). The predicted octanol–water partition coefficient (Wildman–Crippen LogP) is 0.178. The van der Waals surface area contributed by atoms with Crippen molar-refractivity contribution in [2.24, 2.45) is 5.73 Å². The van der Waals surface area contributed by atoms with E-state index in [1.807, 2.05) is 0 Å². The zero-order valence-corrected chi connectivity index (χ0v) is 12.3. The van der Waals surface area contributed by atoms with E-state index in [4.69, 9.17) is 5.73 Å².